The minimum absolute atomic E-state index is 0.219. The van der Waals surface area contributed by atoms with E-state index in [0.29, 0.717) is 13.0 Å². The Labute approximate surface area is 161 Å². The van der Waals surface area contributed by atoms with Gasteiger partial charge in [-0.25, -0.2) is 4.99 Å². The molecule has 0 saturated carbocycles. The second-order valence-electron chi connectivity index (χ2n) is 6.53. The molecule has 2 aromatic rings. The van der Waals surface area contributed by atoms with Gasteiger partial charge < -0.3 is 9.64 Å². The minimum Gasteiger partial charge on any atom is -0.486 e. The summed E-state index contributed by atoms with van der Waals surface area (Å²) in [5, 5.41) is 1.68. The summed E-state index contributed by atoms with van der Waals surface area (Å²) in [5.74, 6) is 1.41. The number of fused-ring (bicyclic) bond motifs is 1. The van der Waals surface area contributed by atoms with Crippen LogP contribution in [0.5, 0.6) is 5.75 Å². The Morgan fingerprint density at radius 2 is 1.96 bits per heavy atom. The number of likely N-dealkylation sites (N-methyl/N-ethyl adjacent to an activating group) is 1. The van der Waals surface area contributed by atoms with Crippen LogP contribution in [-0.2, 0) is 17.8 Å². The monoisotopic (exact) mass is 381 g/mol. The van der Waals surface area contributed by atoms with Crippen LogP contribution < -0.4 is 10.1 Å². The van der Waals surface area contributed by atoms with Crippen molar-refractivity contribution in [3.8, 4) is 5.75 Å². The lowest BCUT2D eigenvalue weighted by molar-refractivity contribution is -0.118. The maximum absolute atomic E-state index is 11.7. The van der Waals surface area contributed by atoms with Crippen LogP contribution in [0.4, 0.5) is 10.5 Å². The summed E-state index contributed by atoms with van der Waals surface area (Å²) in [6.45, 7) is 1.21. The topological polar surface area (TPSA) is 71.0 Å². The second kappa shape index (κ2) is 7.44. The predicted molar refractivity (Wildman–Crippen MR) is 106 cm³/mol. The van der Waals surface area contributed by atoms with Crippen LogP contribution in [0.1, 0.15) is 11.1 Å². The van der Waals surface area contributed by atoms with Gasteiger partial charge in [0.25, 0.3) is 5.24 Å². The van der Waals surface area contributed by atoms with Gasteiger partial charge in [0, 0.05) is 13.6 Å². The molecule has 0 aliphatic carbocycles. The number of thioether (sulfide) groups is 1. The molecule has 1 saturated heterocycles. The van der Waals surface area contributed by atoms with Crippen molar-refractivity contribution in [1.29, 1.82) is 0 Å². The zero-order valence-corrected chi connectivity index (χ0v) is 15.7. The van der Waals surface area contributed by atoms with E-state index in [1.165, 1.54) is 5.56 Å². The highest BCUT2D eigenvalue weighted by molar-refractivity contribution is 8.15. The highest BCUT2D eigenvalue weighted by Gasteiger charge is 2.31. The number of carbonyl (C=O) groups excluding carboxylic acids is 2. The Morgan fingerprint density at radius 3 is 2.70 bits per heavy atom. The standard InChI is InChI=1S/C20H19N3O3S/c1-23-11-14-4-2-3-5-16(14)21-18(23)12-26-15-8-6-13(7-9-15)10-17-19(24)22-20(25)27-17/h2-9,17H,10-12H2,1H3,(H,22,24,25). The highest BCUT2D eigenvalue weighted by atomic mass is 32.2. The average Bonchev–Trinajstić information content (AvgIpc) is 2.98. The van der Waals surface area contributed by atoms with E-state index in [1.807, 2.05) is 49.5 Å². The molecule has 2 aliphatic rings. The number of ether oxygens (including phenoxy) is 1. The lowest BCUT2D eigenvalue weighted by Crippen LogP contribution is -2.33. The first-order valence-corrected chi connectivity index (χ1v) is 9.56. The first-order chi connectivity index (χ1) is 13.1. The molecule has 2 aromatic carbocycles. The highest BCUT2D eigenvalue weighted by Crippen LogP contribution is 2.26. The number of imide groups is 1. The van der Waals surface area contributed by atoms with Crippen molar-refractivity contribution in [2.75, 3.05) is 13.7 Å². The van der Waals surface area contributed by atoms with Gasteiger partial charge in [-0.05, 0) is 35.7 Å². The Bertz CT molecular complexity index is 911. The van der Waals surface area contributed by atoms with Crippen molar-refractivity contribution in [2.45, 2.75) is 18.2 Å². The average molecular weight is 381 g/mol. The molecule has 0 aromatic heterocycles. The van der Waals surface area contributed by atoms with Crippen molar-refractivity contribution in [3.63, 3.8) is 0 Å². The van der Waals surface area contributed by atoms with Crippen LogP contribution in [0.15, 0.2) is 53.5 Å². The normalized spacial score (nSPS) is 18.8. The van der Waals surface area contributed by atoms with E-state index in [9.17, 15) is 9.59 Å². The van der Waals surface area contributed by atoms with Crippen LogP contribution in [0.3, 0.4) is 0 Å². The number of carbonyl (C=O) groups is 2. The maximum atomic E-state index is 11.7. The van der Waals surface area contributed by atoms with E-state index >= 15 is 0 Å². The molecule has 2 amide bonds. The third-order valence-corrected chi connectivity index (χ3v) is 5.55. The van der Waals surface area contributed by atoms with Gasteiger partial charge >= 0.3 is 0 Å². The molecule has 138 valence electrons. The number of hydrogen-bond acceptors (Lipinski definition) is 6. The summed E-state index contributed by atoms with van der Waals surface area (Å²) in [6, 6.07) is 15.7. The lowest BCUT2D eigenvalue weighted by Gasteiger charge is -2.26. The summed E-state index contributed by atoms with van der Waals surface area (Å²) < 4.78 is 5.88. The SMILES string of the molecule is CN1Cc2ccccc2N=C1COc1ccc(CC2SC(=O)NC2=O)cc1. The van der Waals surface area contributed by atoms with Crippen LogP contribution in [0.2, 0.25) is 0 Å². The number of aliphatic imine (C=N–C) groups is 1. The Balaban J connectivity index is 1.37. The van der Waals surface area contributed by atoms with E-state index < -0.39 is 0 Å². The molecule has 2 aliphatic heterocycles. The van der Waals surface area contributed by atoms with Crippen molar-refractivity contribution in [1.82, 2.24) is 10.2 Å². The van der Waals surface area contributed by atoms with Crippen molar-refractivity contribution < 1.29 is 14.3 Å². The minimum atomic E-state index is -0.352. The smallest absolute Gasteiger partial charge is 0.286 e. The molecule has 0 spiro atoms. The van der Waals surface area contributed by atoms with Gasteiger partial charge in [-0.1, -0.05) is 42.1 Å². The van der Waals surface area contributed by atoms with Crippen LogP contribution in [0.25, 0.3) is 0 Å². The van der Waals surface area contributed by atoms with E-state index in [-0.39, 0.29) is 16.4 Å². The molecular weight excluding hydrogens is 362 g/mol. The number of nitrogens with one attached hydrogen (secondary N) is 1. The van der Waals surface area contributed by atoms with Gasteiger partial charge in [0.2, 0.25) is 5.91 Å². The van der Waals surface area contributed by atoms with Crippen molar-refractivity contribution >= 4 is 34.4 Å². The number of para-hydroxylation sites is 1. The van der Waals surface area contributed by atoms with Gasteiger partial charge in [-0.2, -0.15) is 0 Å². The molecule has 7 heteroatoms. The van der Waals surface area contributed by atoms with E-state index in [1.54, 1.807) is 0 Å². The Hall–Kier alpha value is -2.80. The largest absolute Gasteiger partial charge is 0.486 e. The number of hydrogen-bond donors (Lipinski definition) is 1. The number of amides is 2. The van der Waals surface area contributed by atoms with Gasteiger partial charge in [0.15, 0.2) is 0 Å². The van der Waals surface area contributed by atoms with Gasteiger partial charge in [0.1, 0.15) is 18.2 Å². The van der Waals surface area contributed by atoms with Crippen molar-refractivity contribution in [2.24, 2.45) is 4.99 Å². The van der Waals surface area contributed by atoms with Gasteiger partial charge in [-0.15, -0.1) is 0 Å². The molecule has 6 nitrogen and oxygen atoms in total. The molecular formula is C20H19N3O3S. The zero-order valence-electron chi connectivity index (χ0n) is 14.8. The third kappa shape index (κ3) is 3.98. The van der Waals surface area contributed by atoms with Crippen LogP contribution in [-0.4, -0.2) is 40.8 Å². The van der Waals surface area contributed by atoms with Crippen LogP contribution >= 0.6 is 11.8 Å². The first-order valence-electron chi connectivity index (χ1n) is 8.68. The van der Waals surface area contributed by atoms with E-state index in [2.05, 4.69) is 21.3 Å². The Morgan fingerprint density at radius 1 is 1.19 bits per heavy atom. The Kier molecular flexibility index (Phi) is 4.85. The van der Waals surface area contributed by atoms with Gasteiger partial charge in [0.05, 0.1) is 10.9 Å². The summed E-state index contributed by atoms with van der Waals surface area (Å²) >= 11 is 1.04. The first kappa shape index (κ1) is 17.6. The fraction of sp³-hybridized carbons (Fsp3) is 0.250. The summed E-state index contributed by atoms with van der Waals surface area (Å²) in [4.78, 5) is 29.7. The molecule has 1 atom stereocenters. The number of rotatable bonds is 5. The number of amidine groups is 1. The second-order valence-corrected chi connectivity index (χ2v) is 7.71. The fourth-order valence-electron chi connectivity index (χ4n) is 3.08. The fourth-order valence-corrected chi connectivity index (χ4v) is 3.94. The molecule has 4 rings (SSSR count). The lowest BCUT2D eigenvalue weighted by atomic mass is 10.1. The molecule has 27 heavy (non-hydrogen) atoms. The molecule has 0 bridgehead atoms. The van der Waals surface area contributed by atoms with Crippen LogP contribution in [0, 0.1) is 0 Å². The molecule has 0 radical (unpaired) electrons. The number of nitrogens with zero attached hydrogens (tertiary/aromatic N) is 2. The van der Waals surface area contributed by atoms with Gasteiger partial charge in [-0.3, -0.25) is 14.9 Å². The maximum Gasteiger partial charge on any atom is 0.286 e. The summed E-state index contributed by atoms with van der Waals surface area (Å²) in [7, 11) is 2.01. The third-order valence-electron chi connectivity index (χ3n) is 4.57. The molecule has 1 fully saturated rings. The molecule has 1 unspecified atom stereocenters. The van der Waals surface area contributed by atoms with E-state index in [4.69, 9.17) is 4.74 Å². The summed E-state index contributed by atoms with van der Waals surface area (Å²) in [5.41, 5.74) is 3.19. The quantitative estimate of drug-likeness (QED) is 0.862. The number of benzene rings is 2. The van der Waals surface area contributed by atoms with Crippen molar-refractivity contribution in [3.05, 3.63) is 59.7 Å². The molecule has 1 N–H and O–H groups in total. The summed E-state index contributed by atoms with van der Waals surface area (Å²) in [6.07, 6.45) is 0.523. The molecule has 2 heterocycles. The van der Waals surface area contributed by atoms with E-state index in [0.717, 1.165) is 41.1 Å². The predicted octanol–water partition coefficient (Wildman–Crippen LogP) is 3.14. The zero-order chi connectivity index (χ0) is 18.8.